The van der Waals surface area contributed by atoms with E-state index in [1.807, 2.05) is 39.8 Å². The van der Waals surface area contributed by atoms with Gasteiger partial charge in [-0.2, -0.15) is 0 Å². The summed E-state index contributed by atoms with van der Waals surface area (Å²) in [4.78, 5) is 25.2. The second kappa shape index (κ2) is 14.2. The van der Waals surface area contributed by atoms with Crippen molar-refractivity contribution in [1.82, 2.24) is 4.90 Å². The molecule has 6 heteroatoms. The minimum Gasteiger partial charge on any atom is -0.487 e. The van der Waals surface area contributed by atoms with Crippen LogP contribution in [-0.4, -0.2) is 52.3 Å². The summed E-state index contributed by atoms with van der Waals surface area (Å²) in [6, 6.07) is 6.26. The second-order valence-electron chi connectivity index (χ2n) is 10.0. The van der Waals surface area contributed by atoms with Gasteiger partial charge in [-0.25, -0.2) is 0 Å². The maximum absolute atomic E-state index is 12.9. The van der Waals surface area contributed by atoms with Gasteiger partial charge in [-0.05, 0) is 81.1 Å². The highest BCUT2D eigenvalue weighted by molar-refractivity contribution is 5.98. The number of aliphatic hydroxyl groups is 1. The van der Waals surface area contributed by atoms with Crippen molar-refractivity contribution in [3.63, 3.8) is 0 Å². The van der Waals surface area contributed by atoms with Crippen molar-refractivity contribution in [3.05, 3.63) is 65.3 Å². The molecule has 2 N–H and O–H groups in total. The Morgan fingerprint density at radius 3 is 2.19 bits per heavy atom. The second-order valence-corrected chi connectivity index (χ2v) is 10.0. The van der Waals surface area contributed by atoms with E-state index in [9.17, 15) is 14.7 Å². The van der Waals surface area contributed by atoms with Crippen LogP contribution in [-0.2, 0) is 15.0 Å². The molecule has 0 aliphatic rings. The van der Waals surface area contributed by atoms with Crippen molar-refractivity contribution in [2.75, 3.05) is 13.6 Å². The summed E-state index contributed by atoms with van der Waals surface area (Å²) in [6.07, 6.45) is 8.85. The summed E-state index contributed by atoms with van der Waals surface area (Å²) >= 11 is 0. The zero-order valence-corrected chi connectivity index (χ0v) is 24.1. The van der Waals surface area contributed by atoms with Crippen LogP contribution in [0.4, 0.5) is 0 Å². The Morgan fingerprint density at radius 1 is 1.14 bits per heavy atom. The molecule has 1 aromatic rings. The fraction of sp³-hybridized carbons (Fsp3) is 0.548. The Hall–Kier alpha value is -2.86. The molecule has 0 aromatic heterocycles. The molecule has 0 saturated heterocycles. The first kappa shape index (κ1) is 32.2. The lowest BCUT2D eigenvalue weighted by atomic mass is 9.73. The highest BCUT2D eigenvalue weighted by atomic mass is 16.5. The fourth-order valence-electron chi connectivity index (χ4n) is 4.67. The molecule has 0 heterocycles. The Kier molecular flexibility index (Phi) is 12.3. The summed E-state index contributed by atoms with van der Waals surface area (Å²) in [5.41, 5.74) is 2.35. The van der Waals surface area contributed by atoms with E-state index in [1.165, 1.54) is 17.5 Å². The summed E-state index contributed by atoms with van der Waals surface area (Å²) in [5, 5.41) is 19.9. The molecule has 1 atom stereocenters. The molecule has 1 aromatic carbocycles. The predicted molar refractivity (Wildman–Crippen MR) is 151 cm³/mol. The van der Waals surface area contributed by atoms with Crippen LogP contribution in [0.25, 0.3) is 0 Å². The molecule has 0 fully saturated rings. The first-order valence-corrected chi connectivity index (χ1v) is 13.3. The molecular formula is C31H47NO5. The van der Waals surface area contributed by atoms with Crippen LogP contribution >= 0.6 is 0 Å². The fourth-order valence-corrected chi connectivity index (χ4v) is 4.67. The Morgan fingerprint density at radius 2 is 1.73 bits per heavy atom. The molecule has 0 spiro atoms. The minimum absolute atomic E-state index is 0.137. The van der Waals surface area contributed by atoms with Gasteiger partial charge in [0.15, 0.2) is 0 Å². The molecule has 1 unspecified atom stereocenters. The Balaban J connectivity index is 3.26. The highest BCUT2D eigenvalue weighted by Gasteiger charge is 2.32. The molecule has 0 aliphatic carbocycles. The van der Waals surface area contributed by atoms with E-state index in [1.54, 1.807) is 19.1 Å². The Bertz CT molecular complexity index is 999. The topological polar surface area (TPSA) is 87.1 Å². The van der Waals surface area contributed by atoms with Crippen LogP contribution in [0.2, 0.25) is 0 Å². The molecule has 6 nitrogen and oxygen atoms in total. The first-order valence-electron chi connectivity index (χ1n) is 13.3. The normalized spacial score (nSPS) is 13.8. The number of carboxylic acid groups (broad SMARTS) is 1. The van der Waals surface area contributed by atoms with E-state index in [0.29, 0.717) is 30.4 Å². The van der Waals surface area contributed by atoms with Crippen molar-refractivity contribution in [2.24, 2.45) is 0 Å². The van der Waals surface area contributed by atoms with Crippen LogP contribution in [0.3, 0.4) is 0 Å². The number of nitrogens with zero attached hydrogens (tertiary/aromatic N) is 1. The van der Waals surface area contributed by atoms with E-state index < -0.39 is 11.6 Å². The number of aryl methyl sites for hydroxylation is 1. The SMILES string of the molecule is C=C/C(C)=C(\C=C/CC(CC)(CC)c1ccc(OC(C)C(O)(CC)CC)c(C)c1)C(=O)N(C)CC(=O)O. The van der Waals surface area contributed by atoms with Crippen molar-refractivity contribution in [3.8, 4) is 5.75 Å². The third-order valence-electron chi connectivity index (χ3n) is 7.90. The molecule has 0 bridgehead atoms. The minimum atomic E-state index is -1.06. The van der Waals surface area contributed by atoms with Gasteiger partial charge < -0.3 is 19.8 Å². The van der Waals surface area contributed by atoms with Crippen LogP contribution in [0.5, 0.6) is 5.75 Å². The van der Waals surface area contributed by atoms with Crippen molar-refractivity contribution < 1.29 is 24.5 Å². The third kappa shape index (κ3) is 8.06. The summed E-state index contributed by atoms with van der Waals surface area (Å²) < 4.78 is 6.19. The van der Waals surface area contributed by atoms with Gasteiger partial charge in [-0.3, -0.25) is 9.59 Å². The first-order chi connectivity index (χ1) is 17.3. The van der Waals surface area contributed by atoms with Gasteiger partial charge in [0.1, 0.15) is 24.0 Å². The van der Waals surface area contributed by atoms with Gasteiger partial charge in [0.25, 0.3) is 5.91 Å². The van der Waals surface area contributed by atoms with Gasteiger partial charge >= 0.3 is 5.97 Å². The average Bonchev–Trinajstić information content (AvgIpc) is 2.88. The maximum atomic E-state index is 12.9. The van der Waals surface area contributed by atoms with Crippen molar-refractivity contribution in [2.45, 2.75) is 97.7 Å². The zero-order chi connectivity index (χ0) is 28.4. The number of hydrogen-bond acceptors (Lipinski definition) is 4. The van der Waals surface area contributed by atoms with Gasteiger partial charge in [-0.1, -0.05) is 64.6 Å². The number of amides is 1. The van der Waals surface area contributed by atoms with E-state index in [-0.39, 0.29) is 24.0 Å². The molecule has 1 amide bonds. The zero-order valence-electron chi connectivity index (χ0n) is 24.1. The van der Waals surface area contributed by atoms with E-state index in [2.05, 4.69) is 32.6 Å². The average molecular weight is 514 g/mol. The molecule has 1 rings (SSSR count). The Labute approximate surface area is 223 Å². The molecule has 0 saturated carbocycles. The van der Waals surface area contributed by atoms with Crippen LogP contribution in [0.15, 0.2) is 54.2 Å². The lowest BCUT2D eigenvalue weighted by Gasteiger charge is -2.34. The number of carboxylic acids is 1. The van der Waals surface area contributed by atoms with E-state index in [0.717, 1.165) is 24.2 Å². The van der Waals surface area contributed by atoms with Crippen LogP contribution in [0.1, 0.15) is 84.8 Å². The maximum Gasteiger partial charge on any atom is 0.323 e. The van der Waals surface area contributed by atoms with Crippen LogP contribution in [0, 0.1) is 6.92 Å². The van der Waals surface area contributed by atoms with Crippen LogP contribution < -0.4 is 4.74 Å². The molecule has 0 aliphatic heterocycles. The molecule has 206 valence electrons. The van der Waals surface area contributed by atoms with Gasteiger partial charge in [0.05, 0.1) is 0 Å². The van der Waals surface area contributed by atoms with Crippen molar-refractivity contribution >= 4 is 11.9 Å². The largest absolute Gasteiger partial charge is 0.487 e. The number of allylic oxidation sites excluding steroid dienone is 3. The predicted octanol–water partition coefficient (Wildman–Crippen LogP) is 6.36. The van der Waals surface area contributed by atoms with Gasteiger partial charge in [0.2, 0.25) is 0 Å². The third-order valence-corrected chi connectivity index (χ3v) is 7.90. The smallest absolute Gasteiger partial charge is 0.323 e. The lowest BCUT2D eigenvalue weighted by Crippen LogP contribution is -2.43. The number of carbonyl (C=O) groups is 2. The van der Waals surface area contributed by atoms with Gasteiger partial charge in [-0.15, -0.1) is 0 Å². The highest BCUT2D eigenvalue weighted by Crippen LogP contribution is 2.38. The number of likely N-dealkylation sites (N-methyl/N-ethyl adjacent to an activating group) is 1. The number of ether oxygens (including phenoxy) is 1. The monoisotopic (exact) mass is 513 g/mol. The van der Waals surface area contributed by atoms with E-state index in [4.69, 9.17) is 9.84 Å². The number of aliphatic carboxylic acids is 1. The summed E-state index contributed by atoms with van der Waals surface area (Å²) in [7, 11) is 1.48. The number of rotatable bonds is 15. The van der Waals surface area contributed by atoms with Crippen molar-refractivity contribution in [1.29, 1.82) is 0 Å². The standard InChI is InChI=1S/C31H47NO5/c1-10-22(6)26(29(35)32(9)21-28(33)34)16-15-19-30(11-2,12-3)25-17-18-27(23(7)20-25)37-24(8)31(36,13-4)14-5/h10,15-18,20,24,36H,1,11-14,19,21H2,2-9H3,(H,33,34)/b16-15-,26-22+. The number of benzene rings is 1. The van der Waals surface area contributed by atoms with E-state index >= 15 is 0 Å². The quantitative estimate of drug-likeness (QED) is 0.210. The number of carbonyl (C=O) groups excluding carboxylic acids is 1. The van der Waals surface area contributed by atoms with Gasteiger partial charge in [0, 0.05) is 12.6 Å². The summed E-state index contributed by atoms with van der Waals surface area (Å²) in [5.74, 6) is -0.634. The lowest BCUT2D eigenvalue weighted by molar-refractivity contribution is -0.142. The molecular weight excluding hydrogens is 466 g/mol. The summed E-state index contributed by atoms with van der Waals surface area (Å²) in [6.45, 7) is 17.4. The molecule has 37 heavy (non-hydrogen) atoms. The molecule has 0 radical (unpaired) electrons. The number of hydrogen-bond donors (Lipinski definition) is 2.